The van der Waals surface area contributed by atoms with Crippen LogP contribution < -0.4 is 0 Å². The van der Waals surface area contributed by atoms with Gasteiger partial charge in [0.15, 0.2) is 6.61 Å². The number of hydrogen-bond acceptors (Lipinski definition) is 5. The van der Waals surface area contributed by atoms with Gasteiger partial charge in [-0.05, 0) is 74.3 Å². The molecule has 0 aromatic heterocycles. The van der Waals surface area contributed by atoms with E-state index in [0.29, 0.717) is 28.3 Å². The van der Waals surface area contributed by atoms with Crippen LogP contribution in [0.15, 0.2) is 47.7 Å². The molecule has 2 aliphatic rings. The number of cyclic esters (lactones) is 1. The van der Waals surface area contributed by atoms with E-state index >= 15 is 0 Å². The second-order valence-electron chi connectivity index (χ2n) is 9.00. The molecule has 0 atom stereocenters. The normalized spacial score (nSPS) is 21.2. The summed E-state index contributed by atoms with van der Waals surface area (Å²) in [4.78, 5) is 32.9. The molecule has 0 saturated carbocycles. The van der Waals surface area contributed by atoms with Gasteiger partial charge in [-0.15, -0.1) is 0 Å². The van der Waals surface area contributed by atoms with Crippen LogP contribution in [0.4, 0.5) is 0 Å². The molecular weight excluding hydrogens is 464 g/mol. The Morgan fingerprint density at radius 3 is 2.74 bits per heavy atom. The highest BCUT2D eigenvalue weighted by molar-refractivity contribution is 6.33. The molecule has 35 heavy (non-hydrogen) atoms. The SMILES string of the molecule is C=C/C1=C\CC/C=C/C(=N\OCC(=O)N2CCCCC2)Cc2c(Cl)c(C)cc(C)c2C(=O)OCC1. The van der Waals surface area contributed by atoms with Crippen LogP contribution in [0.25, 0.3) is 0 Å². The fourth-order valence-corrected chi connectivity index (χ4v) is 4.63. The van der Waals surface area contributed by atoms with Gasteiger partial charge in [0.1, 0.15) is 0 Å². The number of carbonyl (C=O) groups is 2. The third-order valence-electron chi connectivity index (χ3n) is 6.32. The van der Waals surface area contributed by atoms with Crippen LogP contribution in [0.1, 0.15) is 65.6 Å². The van der Waals surface area contributed by atoms with Crippen molar-refractivity contribution in [3.63, 3.8) is 0 Å². The highest BCUT2D eigenvalue weighted by atomic mass is 35.5. The first-order valence-electron chi connectivity index (χ1n) is 12.3. The molecule has 1 fully saturated rings. The number of fused-ring (bicyclic) bond motifs is 1. The molecule has 1 saturated heterocycles. The van der Waals surface area contributed by atoms with Crippen molar-refractivity contribution in [1.82, 2.24) is 4.90 Å². The summed E-state index contributed by atoms with van der Waals surface area (Å²) in [5.74, 6) is -0.473. The minimum Gasteiger partial charge on any atom is -0.462 e. The van der Waals surface area contributed by atoms with Crippen molar-refractivity contribution in [3.05, 3.63) is 69.8 Å². The van der Waals surface area contributed by atoms with E-state index in [1.54, 1.807) is 6.08 Å². The van der Waals surface area contributed by atoms with Gasteiger partial charge in [0.05, 0.1) is 17.9 Å². The van der Waals surface area contributed by atoms with Gasteiger partial charge >= 0.3 is 5.97 Å². The average Bonchev–Trinajstić information content (AvgIpc) is 2.85. The number of likely N-dealkylation sites (tertiary alicyclic amines) is 1. The van der Waals surface area contributed by atoms with Gasteiger partial charge < -0.3 is 14.5 Å². The van der Waals surface area contributed by atoms with E-state index in [-0.39, 0.29) is 25.5 Å². The Morgan fingerprint density at radius 2 is 2.00 bits per heavy atom. The van der Waals surface area contributed by atoms with Crippen molar-refractivity contribution in [2.45, 2.75) is 58.8 Å². The van der Waals surface area contributed by atoms with Gasteiger partial charge in [0.25, 0.3) is 5.91 Å². The quantitative estimate of drug-likeness (QED) is 0.383. The first-order chi connectivity index (χ1) is 16.9. The van der Waals surface area contributed by atoms with Crippen LogP contribution in [-0.2, 0) is 20.8 Å². The number of rotatable bonds is 4. The number of halogens is 1. The molecule has 2 aliphatic heterocycles. The third kappa shape index (κ3) is 7.56. The topological polar surface area (TPSA) is 68.2 Å². The van der Waals surface area contributed by atoms with Crippen molar-refractivity contribution < 1.29 is 19.2 Å². The summed E-state index contributed by atoms with van der Waals surface area (Å²) < 4.78 is 5.61. The largest absolute Gasteiger partial charge is 0.462 e. The van der Waals surface area contributed by atoms with Gasteiger partial charge in [-0.1, -0.05) is 47.6 Å². The second kappa shape index (κ2) is 13.3. The van der Waals surface area contributed by atoms with Crippen LogP contribution in [0.5, 0.6) is 0 Å². The van der Waals surface area contributed by atoms with E-state index in [0.717, 1.165) is 61.9 Å². The number of ether oxygens (including phenoxy) is 1. The van der Waals surface area contributed by atoms with Gasteiger partial charge in [0.2, 0.25) is 0 Å². The number of allylic oxidation sites excluding steroid dienone is 4. The van der Waals surface area contributed by atoms with E-state index in [9.17, 15) is 9.59 Å². The molecule has 6 nitrogen and oxygen atoms in total. The monoisotopic (exact) mass is 498 g/mol. The highest BCUT2D eigenvalue weighted by Gasteiger charge is 2.22. The Balaban J connectivity index is 1.89. The number of benzene rings is 1. The van der Waals surface area contributed by atoms with Crippen LogP contribution in [0.2, 0.25) is 5.02 Å². The number of nitrogens with zero attached hydrogens (tertiary/aromatic N) is 2. The molecule has 1 amide bonds. The van der Waals surface area contributed by atoms with E-state index in [1.165, 1.54) is 0 Å². The first kappa shape index (κ1) is 26.7. The standard InChI is InChI=1S/C28H35ClN2O4/c1-4-22-11-7-5-8-12-23(30-35-19-25(32)31-14-9-6-10-15-31)18-24-26(28(33)34-16-13-22)20(2)17-21(3)27(24)29/h4,8,11-12,17H,1,5-7,9-10,13-16,18-19H2,2-3H3/b12-8+,22-11+,30-23+. The van der Waals surface area contributed by atoms with Crippen molar-refractivity contribution in [2.24, 2.45) is 5.16 Å². The molecule has 188 valence electrons. The number of aryl methyl sites for hydroxylation is 2. The molecule has 0 radical (unpaired) electrons. The third-order valence-corrected chi connectivity index (χ3v) is 6.84. The van der Waals surface area contributed by atoms with Crippen molar-refractivity contribution in [2.75, 3.05) is 26.3 Å². The summed E-state index contributed by atoms with van der Waals surface area (Å²) in [6, 6.07) is 1.89. The van der Waals surface area contributed by atoms with E-state index in [1.807, 2.05) is 37.0 Å². The van der Waals surface area contributed by atoms with E-state index in [4.69, 9.17) is 21.2 Å². The maximum Gasteiger partial charge on any atom is 0.338 e. The molecule has 1 aromatic carbocycles. The van der Waals surface area contributed by atoms with E-state index in [2.05, 4.69) is 17.8 Å². The lowest BCUT2D eigenvalue weighted by molar-refractivity contribution is -0.137. The maximum absolute atomic E-state index is 13.1. The smallest absolute Gasteiger partial charge is 0.338 e. The number of carbonyl (C=O) groups excluding carboxylic acids is 2. The Bertz CT molecular complexity index is 1040. The van der Waals surface area contributed by atoms with Gasteiger partial charge in [-0.25, -0.2) is 4.79 Å². The Hall–Kier alpha value is -2.86. The first-order valence-corrected chi connectivity index (χ1v) is 12.7. The van der Waals surface area contributed by atoms with Gasteiger partial charge in [-0.3, -0.25) is 4.79 Å². The summed E-state index contributed by atoms with van der Waals surface area (Å²) in [5.41, 5.74) is 4.39. The number of esters is 1. The van der Waals surface area contributed by atoms with Crippen molar-refractivity contribution >= 4 is 29.2 Å². The van der Waals surface area contributed by atoms with Crippen LogP contribution in [0.3, 0.4) is 0 Å². The summed E-state index contributed by atoms with van der Waals surface area (Å²) >= 11 is 6.69. The Kier molecular flexibility index (Phi) is 10.2. The minimum atomic E-state index is -0.413. The van der Waals surface area contributed by atoms with Crippen LogP contribution in [-0.4, -0.2) is 48.8 Å². The molecule has 2 heterocycles. The lowest BCUT2D eigenvalue weighted by Crippen LogP contribution is -2.37. The Morgan fingerprint density at radius 1 is 1.23 bits per heavy atom. The zero-order chi connectivity index (χ0) is 25.2. The average molecular weight is 499 g/mol. The fourth-order valence-electron chi connectivity index (χ4n) is 4.41. The highest BCUT2D eigenvalue weighted by Crippen LogP contribution is 2.29. The zero-order valence-corrected chi connectivity index (χ0v) is 21.5. The van der Waals surface area contributed by atoms with Gasteiger partial charge in [-0.2, -0.15) is 0 Å². The molecule has 0 spiro atoms. The fraction of sp³-hybridized carbons (Fsp3) is 0.464. The number of hydrogen-bond donors (Lipinski definition) is 0. The Labute approximate surface area is 213 Å². The molecule has 0 N–H and O–H groups in total. The summed E-state index contributed by atoms with van der Waals surface area (Å²) in [5, 5.41) is 4.79. The molecule has 0 unspecified atom stereocenters. The number of oxime groups is 1. The predicted molar refractivity (Wildman–Crippen MR) is 140 cm³/mol. The summed E-state index contributed by atoms with van der Waals surface area (Å²) in [7, 11) is 0. The van der Waals surface area contributed by atoms with Crippen LogP contribution in [0, 0.1) is 13.8 Å². The lowest BCUT2D eigenvalue weighted by atomic mass is 9.94. The van der Waals surface area contributed by atoms with Crippen molar-refractivity contribution in [1.29, 1.82) is 0 Å². The van der Waals surface area contributed by atoms with E-state index < -0.39 is 5.97 Å². The number of piperidine rings is 1. The van der Waals surface area contributed by atoms with Crippen LogP contribution >= 0.6 is 11.6 Å². The predicted octanol–water partition coefficient (Wildman–Crippen LogP) is 5.89. The summed E-state index contributed by atoms with van der Waals surface area (Å²) in [6.07, 6.45) is 13.5. The van der Waals surface area contributed by atoms with Crippen molar-refractivity contribution in [3.8, 4) is 0 Å². The number of amides is 1. The minimum absolute atomic E-state index is 0.0605. The molecule has 1 aromatic rings. The maximum atomic E-state index is 13.1. The second-order valence-corrected chi connectivity index (χ2v) is 9.38. The summed E-state index contributed by atoms with van der Waals surface area (Å²) in [6.45, 7) is 9.33. The lowest BCUT2D eigenvalue weighted by Gasteiger charge is -2.26. The van der Waals surface area contributed by atoms with Gasteiger partial charge in [0, 0.05) is 31.0 Å². The molecular formula is C28H35ClN2O4. The molecule has 7 heteroatoms. The zero-order valence-electron chi connectivity index (χ0n) is 20.8. The molecule has 3 rings (SSSR count). The molecule has 0 bridgehead atoms. The molecule has 0 aliphatic carbocycles.